The number of carbonyl (C=O) groups excluding carboxylic acids is 1. The predicted molar refractivity (Wildman–Crippen MR) is 123 cm³/mol. The number of nitrogens with zero attached hydrogens (tertiary/aromatic N) is 3. The Labute approximate surface area is 190 Å². The minimum atomic E-state index is -3.81. The summed E-state index contributed by atoms with van der Waals surface area (Å²) in [5.41, 5.74) is 2.78. The largest absolute Gasteiger partial charge is 0.348 e. The van der Waals surface area contributed by atoms with Crippen LogP contribution in [0.2, 0.25) is 0 Å². The van der Waals surface area contributed by atoms with E-state index in [-0.39, 0.29) is 17.3 Å². The van der Waals surface area contributed by atoms with Crippen LogP contribution in [0.3, 0.4) is 0 Å². The summed E-state index contributed by atoms with van der Waals surface area (Å²) in [6, 6.07) is 16.0. The first kappa shape index (κ1) is 21.1. The molecule has 1 aromatic heterocycles. The van der Waals surface area contributed by atoms with Gasteiger partial charge in [0.1, 0.15) is 12.4 Å². The summed E-state index contributed by atoms with van der Waals surface area (Å²) in [5.74, 6) is -0.760. The zero-order valence-electron chi connectivity index (χ0n) is 18.0. The fraction of sp³-hybridized carbons (Fsp3) is 0.167. The molecule has 5 rings (SSSR count). The third-order valence-corrected chi connectivity index (χ3v) is 7.73. The van der Waals surface area contributed by atoms with E-state index in [9.17, 15) is 17.6 Å². The van der Waals surface area contributed by atoms with Gasteiger partial charge in [0.15, 0.2) is 0 Å². The third-order valence-electron chi connectivity index (χ3n) is 5.93. The summed E-state index contributed by atoms with van der Waals surface area (Å²) in [7, 11) is -3.81. The number of hydrogen-bond acceptors (Lipinski definition) is 4. The molecule has 1 unspecified atom stereocenters. The number of halogens is 1. The summed E-state index contributed by atoms with van der Waals surface area (Å²) >= 11 is 0. The maximum atomic E-state index is 13.2. The van der Waals surface area contributed by atoms with Crippen molar-refractivity contribution in [3.8, 4) is 5.69 Å². The molecule has 168 valence electrons. The number of nitrogens with one attached hydrogen (secondary N) is 1. The van der Waals surface area contributed by atoms with Crippen LogP contribution in [0.5, 0.6) is 0 Å². The molecule has 1 amide bonds. The molecule has 0 bridgehead atoms. The van der Waals surface area contributed by atoms with Gasteiger partial charge in [-0.3, -0.25) is 9.10 Å². The van der Waals surface area contributed by atoms with Gasteiger partial charge in [-0.15, -0.1) is 0 Å². The highest BCUT2D eigenvalue weighted by atomic mass is 32.2. The second kappa shape index (κ2) is 7.70. The zero-order valence-corrected chi connectivity index (χ0v) is 18.8. The van der Waals surface area contributed by atoms with Crippen LogP contribution in [0.1, 0.15) is 24.2 Å². The molecular weight excluding hydrogens is 443 g/mol. The Morgan fingerprint density at radius 2 is 1.79 bits per heavy atom. The molecule has 9 heteroatoms. The lowest BCUT2D eigenvalue weighted by Crippen LogP contribution is -2.39. The summed E-state index contributed by atoms with van der Waals surface area (Å²) < 4.78 is 42.3. The lowest BCUT2D eigenvalue weighted by atomic mass is 10.1. The van der Waals surface area contributed by atoms with Crippen LogP contribution in [-0.4, -0.2) is 30.7 Å². The highest BCUT2D eigenvalue weighted by Gasteiger charge is 2.36. The summed E-state index contributed by atoms with van der Waals surface area (Å²) in [6.07, 6.45) is 1.65. The molecule has 1 N–H and O–H groups in total. The van der Waals surface area contributed by atoms with E-state index in [1.165, 1.54) is 12.1 Å². The van der Waals surface area contributed by atoms with Crippen molar-refractivity contribution in [2.45, 2.75) is 24.8 Å². The molecule has 1 aliphatic heterocycles. The van der Waals surface area contributed by atoms with Gasteiger partial charge < -0.3 is 5.32 Å². The Bertz CT molecular complexity index is 1490. The molecule has 0 spiro atoms. The van der Waals surface area contributed by atoms with Gasteiger partial charge in [0.25, 0.3) is 10.0 Å². The fourth-order valence-corrected chi connectivity index (χ4v) is 5.98. The van der Waals surface area contributed by atoms with Crippen LogP contribution in [0.4, 0.5) is 10.1 Å². The second-order valence-corrected chi connectivity index (χ2v) is 9.84. The van der Waals surface area contributed by atoms with Gasteiger partial charge in [0.2, 0.25) is 5.91 Å². The van der Waals surface area contributed by atoms with Gasteiger partial charge in [-0.1, -0.05) is 24.3 Å². The topological polar surface area (TPSA) is 84.3 Å². The highest BCUT2D eigenvalue weighted by Crippen LogP contribution is 2.41. The van der Waals surface area contributed by atoms with Crippen molar-refractivity contribution in [2.75, 3.05) is 10.8 Å². The first-order valence-corrected chi connectivity index (χ1v) is 11.9. The van der Waals surface area contributed by atoms with Crippen molar-refractivity contribution in [3.63, 3.8) is 0 Å². The minimum Gasteiger partial charge on any atom is -0.348 e. The molecule has 4 aromatic rings. The number of aromatic nitrogens is 2. The van der Waals surface area contributed by atoms with Crippen LogP contribution >= 0.6 is 0 Å². The summed E-state index contributed by atoms with van der Waals surface area (Å²) in [4.78, 5) is 13.1. The van der Waals surface area contributed by atoms with Crippen LogP contribution in [0, 0.1) is 12.7 Å². The van der Waals surface area contributed by atoms with Crippen LogP contribution < -0.4 is 9.62 Å². The van der Waals surface area contributed by atoms with E-state index in [2.05, 4.69) is 10.4 Å². The third kappa shape index (κ3) is 3.45. The van der Waals surface area contributed by atoms with Crippen molar-refractivity contribution < 1.29 is 17.6 Å². The normalized spacial score (nSPS) is 15.1. The number of sulfonamides is 1. The Balaban J connectivity index is 1.36. The molecule has 7 nitrogen and oxygen atoms in total. The standard InChI is InChI=1S/C24H21FN4O3S/c1-15(20-13-26-29(16(20)2)19-11-9-18(25)10-12-19)27-23(30)14-28-21-7-3-5-17-6-4-8-22(24(17)21)33(28,31)32/h3-13,15H,14H2,1-2H3,(H,27,30). The van der Waals surface area contributed by atoms with Gasteiger partial charge in [0.05, 0.1) is 28.5 Å². The van der Waals surface area contributed by atoms with Crippen molar-refractivity contribution in [2.24, 2.45) is 0 Å². The van der Waals surface area contributed by atoms with E-state index in [0.717, 1.165) is 20.9 Å². The highest BCUT2D eigenvalue weighted by molar-refractivity contribution is 7.93. The monoisotopic (exact) mass is 464 g/mol. The summed E-state index contributed by atoms with van der Waals surface area (Å²) in [5, 5.41) is 8.69. The van der Waals surface area contributed by atoms with E-state index in [0.29, 0.717) is 16.8 Å². The molecule has 0 saturated heterocycles. The van der Waals surface area contributed by atoms with E-state index in [1.807, 2.05) is 26.0 Å². The van der Waals surface area contributed by atoms with Crippen LogP contribution in [0.25, 0.3) is 16.5 Å². The molecule has 1 aliphatic rings. The molecule has 0 fully saturated rings. The summed E-state index contributed by atoms with van der Waals surface area (Å²) in [6.45, 7) is 3.34. The fourth-order valence-electron chi connectivity index (χ4n) is 4.31. The van der Waals surface area contributed by atoms with E-state index < -0.39 is 22.0 Å². The number of rotatable bonds is 5. The van der Waals surface area contributed by atoms with Crippen molar-refractivity contribution in [1.29, 1.82) is 0 Å². The zero-order chi connectivity index (χ0) is 23.3. The molecule has 0 aliphatic carbocycles. The Morgan fingerprint density at radius 3 is 2.52 bits per heavy atom. The van der Waals surface area contributed by atoms with Crippen molar-refractivity contribution in [1.82, 2.24) is 15.1 Å². The SMILES string of the molecule is Cc1c(C(C)NC(=O)CN2c3cccc4cccc(c34)S2(=O)=O)cnn1-c1ccc(F)cc1. The predicted octanol–water partition coefficient (Wildman–Crippen LogP) is 3.86. The lowest BCUT2D eigenvalue weighted by Gasteiger charge is -2.20. The average Bonchev–Trinajstić information content (AvgIpc) is 3.27. The molecule has 0 radical (unpaired) electrons. The Morgan fingerprint density at radius 1 is 1.09 bits per heavy atom. The maximum absolute atomic E-state index is 13.2. The Hall–Kier alpha value is -3.72. The first-order valence-electron chi connectivity index (χ1n) is 10.4. The van der Waals surface area contributed by atoms with Crippen molar-refractivity contribution >= 4 is 32.4 Å². The average molecular weight is 465 g/mol. The molecule has 0 saturated carbocycles. The van der Waals surface area contributed by atoms with Gasteiger partial charge in [0, 0.05) is 16.6 Å². The van der Waals surface area contributed by atoms with E-state index in [1.54, 1.807) is 47.3 Å². The van der Waals surface area contributed by atoms with Gasteiger partial charge in [-0.25, -0.2) is 17.5 Å². The van der Waals surface area contributed by atoms with Crippen LogP contribution in [-0.2, 0) is 14.8 Å². The maximum Gasteiger partial charge on any atom is 0.265 e. The Kier molecular flexibility index (Phi) is 4.93. The molecular formula is C24H21FN4O3S. The minimum absolute atomic E-state index is 0.216. The number of amides is 1. The smallest absolute Gasteiger partial charge is 0.265 e. The second-order valence-electron chi connectivity index (χ2n) is 8.01. The first-order chi connectivity index (χ1) is 15.8. The van der Waals surface area contributed by atoms with E-state index in [4.69, 9.17) is 0 Å². The number of anilines is 1. The lowest BCUT2D eigenvalue weighted by molar-refractivity contribution is -0.120. The quantitative estimate of drug-likeness (QED) is 0.486. The molecule has 2 heterocycles. The number of hydrogen-bond donors (Lipinski definition) is 1. The van der Waals surface area contributed by atoms with Gasteiger partial charge in [-0.2, -0.15) is 5.10 Å². The van der Waals surface area contributed by atoms with E-state index >= 15 is 0 Å². The molecule has 33 heavy (non-hydrogen) atoms. The van der Waals surface area contributed by atoms with Gasteiger partial charge in [-0.05, 0) is 55.6 Å². The van der Waals surface area contributed by atoms with Crippen molar-refractivity contribution in [3.05, 3.63) is 83.9 Å². The molecule has 3 aromatic carbocycles. The van der Waals surface area contributed by atoms with Crippen LogP contribution in [0.15, 0.2) is 71.8 Å². The van der Waals surface area contributed by atoms with Gasteiger partial charge >= 0.3 is 0 Å². The number of benzene rings is 3. The number of carbonyl (C=O) groups is 1. The molecule has 1 atom stereocenters.